The summed E-state index contributed by atoms with van der Waals surface area (Å²) >= 11 is 0. The van der Waals surface area contributed by atoms with Crippen molar-refractivity contribution in [1.82, 2.24) is 9.97 Å². The molecule has 0 amide bonds. The van der Waals surface area contributed by atoms with Gasteiger partial charge in [0.15, 0.2) is 0 Å². The second kappa shape index (κ2) is 6.55. The molecule has 0 fully saturated rings. The largest absolute Gasteiger partial charge is 0.340 e. The Bertz CT molecular complexity index is 887. The fraction of sp³-hybridized carbons (Fsp3) is 0.238. The molecule has 0 atom stereocenters. The number of benzene rings is 2. The zero-order valence-corrected chi connectivity index (χ0v) is 14.7. The van der Waals surface area contributed by atoms with Gasteiger partial charge < -0.3 is 10.2 Å². The molecule has 2 aromatic carbocycles. The molecule has 0 aliphatic carbocycles. The standard InChI is InChI=1S/C21H22N4/c1-15-9-11-18(12-10-15)23-20-14-16(2)22-21(24-20)25-13-5-7-17-6-3-4-8-19(17)25/h3-4,6,8-12,14H,5,7,13H2,1-2H3,(H,22,23,24). The van der Waals surface area contributed by atoms with Crippen molar-refractivity contribution in [3.05, 3.63) is 71.4 Å². The number of aromatic nitrogens is 2. The predicted molar refractivity (Wildman–Crippen MR) is 103 cm³/mol. The van der Waals surface area contributed by atoms with Crippen molar-refractivity contribution >= 4 is 23.1 Å². The van der Waals surface area contributed by atoms with Gasteiger partial charge in [-0.1, -0.05) is 35.9 Å². The van der Waals surface area contributed by atoms with Crippen LogP contribution in [0.2, 0.25) is 0 Å². The van der Waals surface area contributed by atoms with Crippen LogP contribution in [0.1, 0.15) is 23.2 Å². The van der Waals surface area contributed by atoms with Gasteiger partial charge in [0.1, 0.15) is 5.82 Å². The lowest BCUT2D eigenvalue weighted by atomic mass is 10.0. The summed E-state index contributed by atoms with van der Waals surface area (Å²) in [5.41, 5.74) is 5.83. The van der Waals surface area contributed by atoms with Gasteiger partial charge in [0.05, 0.1) is 0 Å². The SMILES string of the molecule is Cc1ccc(Nc2cc(C)nc(N3CCCc4ccccc43)n2)cc1. The third kappa shape index (κ3) is 3.33. The minimum atomic E-state index is 0.766. The number of rotatable bonds is 3. The smallest absolute Gasteiger partial charge is 0.232 e. The summed E-state index contributed by atoms with van der Waals surface area (Å²) in [5, 5.41) is 3.40. The molecular formula is C21H22N4. The zero-order chi connectivity index (χ0) is 17.2. The Balaban J connectivity index is 1.67. The first-order chi connectivity index (χ1) is 12.2. The molecule has 1 aliphatic heterocycles. The van der Waals surface area contributed by atoms with Crippen molar-refractivity contribution in [2.75, 3.05) is 16.8 Å². The van der Waals surface area contributed by atoms with Gasteiger partial charge in [-0.3, -0.25) is 0 Å². The van der Waals surface area contributed by atoms with E-state index in [0.717, 1.165) is 42.5 Å². The number of fused-ring (bicyclic) bond motifs is 1. The van der Waals surface area contributed by atoms with E-state index >= 15 is 0 Å². The van der Waals surface area contributed by atoms with Crippen LogP contribution in [-0.2, 0) is 6.42 Å². The van der Waals surface area contributed by atoms with Gasteiger partial charge in [0.2, 0.25) is 5.95 Å². The Morgan fingerprint density at radius 2 is 1.76 bits per heavy atom. The lowest BCUT2D eigenvalue weighted by Crippen LogP contribution is -2.26. The van der Waals surface area contributed by atoms with Crippen LogP contribution in [0, 0.1) is 13.8 Å². The highest BCUT2D eigenvalue weighted by Crippen LogP contribution is 2.32. The Hall–Kier alpha value is -2.88. The van der Waals surface area contributed by atoms with Crippen LogP contribution in [0.15, 0.2) is 54.6 Å². The summed E-state index contributed by atoms with van der Waals surface area (Å²) in [6, 6.07) is 18.9. The van der Waals surface area contributed by atoms with Gasteiger partial charge in [0, 0.05) is 29.7 Å². The second-order valence-electron chi connectivity index (χ2n) is 6.57. The summed E-state index contributed by atoms with van der Waals surface area (Å²) in [6.45, 7) is 5.05. The third-order valence-corrected chi connectivity index (χ3v) is 4.52. The molecule has 3 aromatic rings. The third-order valence-electron chi connectivity index (χ3n) is 4.52. The van der Waals surface area contributed by atoms with Crippen LogP contribution in [0.3, 0.4) is 0 Å². The van der Waals surface area contributed by atoms with Crippen LogP contribution < -0.4 is 10.2 Å². The maximum atomic E-state index is 4.78. The highest BCUT2D eigenvalue weighted by molar-refractivity contribution is 5.65. The topological polar surface area (TPSA) is 41.1 Å². The number of nitrogens with zero attached hydrogens (tertiary/aromatic N) is 3. The summed E-state index contributed by atoms with van der Waals surface area (Å²) in [5.74, 6) is 1.59. The van der Waals surface area contributed by atoms with Gasteiger partial charge in [-0.05, 0) is 50.5 Å². The Kier molecular flexibility index (Phi) is 4.10. The van der Waals surface area contributed by atoms with E-state index in [1.807, 2.05) is 13.0 Å². The van der Waals surface area contributed by atoms with E-state index in [2.05, 4.69) is 70.7 Å². The van der Waals surface area contributed by atoms with E-state index in [9.17, 15) is 0 Å². The van der Waals surface area contributed by atoms with Gasteiger partial charge in [-0.15, -0.1) is 0 Å². The van der Waals surface area contributed by atoms with E-state index in [0.29, 0.717) is 0 Å². The molecule has 126 valence electrons. The first kappa shape index (κ1) is 15.6. The van der Waals surface area contributed by atoms with Crippen molar-refractivity contribution in [2.45, 2.75) is 26.7 Å². The fourth-order valence-electron chi connectivity index (χ4n) is 3.26. The summed E-state index contributed by atoms with van der Waals surface area (Å²) in [6.07, 6.45) is 2.24. The molecule has 4 nitrogen and oxygen atoms in total. The predicted octanol–water partition coefficient (Wildman–Crippen LogP) is 4.92. The maximum Gasteiger partial charge on any atom is 0.232 e. The number of para-hydroxylation sites is 1. The number of hydrogen-bond donors (Lipinski definition) is 1. The van der Waals surface area contributed by atoms with Gasteiger partial charge in [-0.25, -0.2) is 4.98 Å². The van der Waals surface area contributed by atoms with Gasteiger partial charge in [-0.2, -0.15) is 4.98 Å². The van der Waals surface area contributed by atoms with E-state index in [4.69, 9.17) is 4.98 Å². The molecule has 0 saturated carbocycles. The molecule has 1 N–H and O–H groups in total. The molecule has 4 rings (SSSR count). The maximum absolute atomic E-state index is 4.78. The Morgan fingerprint density at radius 1 is 0.960 bits per heavy atom. The number of aryl methyl sites for hydroxylation is 3. The highest BCUT2D eigenvalue weighted by Gasteiger charge is 2.20. The molecule has 0 radical (unpaired) electrons. The van der Waals surface area contributed by atoms with Crippen molar-refractivity contribution in [3.8, 4) is 0 Å². The van der Waals surface area contributed by atoms with Crippen LogP contribution in [0.5, 0.6) is 0 Å². The molecule has 0 saturated heterocycles. The first-order valence-corrected chi connectivity index (χ1v) is 8.74. The van der Waals surface area contributed by atoms with Crippen LogP contribution in [0.4, 0.5) is 23.1 Å². The van der Waals surface area contributed by atoms with E-state index in [1.54, 1.807) is 0 Å². The molecule has 4 heteroatoms. The summed E-state index contributed by atoms with van der Waals surface area (Å²) in [4.78, 5) is 11.7. The minimum absolute atomic E-state index is 0.766. The van der Waals surface area contributed by atoms with Crippen molar-refractivity contribution < 1.29 is 0 Å². The normalized spacial score (nSPS) is 13.4. The van der Waals surface area contributed by atoms with E-state index in [-0.39, 0.29) is 0 Å². The van der Waals surface area contributed by atoms with Gasteiger partial charge in [0.25, 0.3) is 0 Å². The Morgan fingerprint density at radius 3 is 2.60 bits per heavy atom. The lowest BCUT2D eigenvalue weighted by Gasteiger charge is -2.29. The Labute approximate surface area is 148 Å². The zero-order valence-electron chi connectivity index (χ0n) is 14.7. The number of hydrogen-bond acceptors (Lipinski definition) is 4. The molecule has 0 unspecified atom stereocenters. The van der Waals surface area contributed by atoms with E-state index < -0.39 is 0 Å². The molecule has 1 aliphatic rings. The summed E-state index contributed by atoms with van der Waals surface area (Å²) in [7, 11) is 0. The first-order valence-electron chi connectivity index (χ1n) is 8.74. The molecule has 0 spiro atoms. The monoisotopic (exact) mass is 330 g/mol. The van der Waals surface area contributed by atoms with Crippen molar-refractivity contribution in [1.29, 1.82) is 0 Å². The molecule has 2 heterocycles. The molecule has 25 heavy (non-hydrogen) atoms. The van der Waals surface area contributed by atoms with Crippen LogP contribution in [0.25, 0.3) is 0 Å². The average molecular weight is 330 g/mol. The van der Waals surface area contributed by atoms with E-state index in [1.165, 1.54) is 16.8 Å². The van der Waals surface area contributed by atoms with Gasteiger partial charge >= 0.3 is 0 Å². The highest BCUT2D eigenvalue weighted by atomic mass is 15.3. The molecular weight excluding hydrogens is 308 g/mol. The van der Waals surface area contributed by atoms with Crippen molar-refractivity contribution in [3.63, 3.8) is 0 Å². The number of nitrogens with one attached hydrogen (secondary N) is 1. The second-order valence-corrected chi connectivity index (χ2v) is 6.57. The van der Waals surface area contributed by atoms with Crippen molar-refractivity contribution in [2.24, 2.45) is 0 Å². The quantitative estimate of drug-likeness (QED) is 0.740. The lowest BCUT2D eigenvalue weighted by molar-refractivity contribution is 0.749. The summed E-state index contributed by atoms with van der Waals surface area (Å²) < 4.78 is 0. The van der Waals surface area contributed by atoms with Crippen LogP contribution >= 0.6 is 0 Å². The minimum Gasteiger partial charge on any atom is -0.340 e. The number of anilines is 4. The fourth-order valence-corrected chi connectivity index (χ4v) is 3.26. The average Bonchev–Trinajstić information content (AvgIpc) is 2.63. The molecule has 0 bridgehead atoms. The molecule has 1 aromatic heterocycles. The van der Waals surface area contributed by atoms with Crippen LogP contribution in [-0.4, -0.2) is 16.5 Å².